The van der Waals surface area contributed by atoms with Crippen LogP contribution in [0.25, 0.3) is 0 Å². The van der Waals surface area contributed by atoms with Gasteiger partial charge in [-0.2, -0.15) is 0 Å². The van der Waals surface area contributed by atoms with Crippen LogP contribution in [0.4, 0.5) is 0 Å². The first-order chi connectivity index (χ1) is 12.0. The second kappa shape index (κ2) is 7.75. The van der Waals surface area contributed by atoms with E-state index in [4.69, 9.17) is 0 Å². The van der Waals surface area contributed by atoms with Crippen LogP contribution >= 0.6 is 0 Å². The Kier molecular flexibility index (Phi) is 5.64. The summed E-state index contributed by atoms with van der Waals surface area (Å²) < 4.78 is 0. The van der Waals surface area contributed by atoms with Crippen LogP contribution in [0.15, 0.2) is 0 Å². The molecule has 6 heteroatoms. The van der Waals surface area contributed by atoms with E-state index in [0.717, 1.165) is 45.1 Å². The maximum Gasteiger partial charge on any atom is 0.245 e. The molecule has 6 nitrogen and oxygen atoms in total. The highest BCUT2D eigenvalue weighted by molar-refractivity contribution is 5.88. The van der Waals surface area contributed by atoms with Gasteiger partial charge in [0.05, 0.1) is 6.04 Å². The van der Waals surface area contributed by atoms with E-state index in [1.54, 1.807) is 4.90 Å². The van der Waals surface area contributed by atoms with Gasteiger partial charge in [0.25, 0.3) is 0 Å². The molecule has 0 bridgehead atoms. The van der Waals surface area contributed by atoms with Gasteiger partial charge < -0.3 is 15.1 Å². The summed E-state index contributed by atoms with van der Waals surface area (Å²) >= 11 is 0. The van der Waals surface area contributed by atoms with Gasteiger partial charge >= 0.3 is 0 Å². The average Bonchev–Trinajstić information content (AvgIpc) is 3.04. The highest BCUT2D eigenvalue weighted by Gasteiger charge is 2.41. The normalized spacial score (nSPS) is 32.2. The van der Waals surface area contributed by atoms with Crippen LogP contribution in [0.3, 0.4) is 0 Å². The van der Waals surface area contributed by atoms with E-state index in [2.05, 4.69) is 12.2 Å². The summed E-state index contributed by atoms with van der Waals surface area (Å²) in [4.78, 5) is 40.5. The lowest BCUT2D eigenvalue weighted by molar-refractivity contribution is -0.148. The van der Waals surface area contributed by atoms with Crippen molar-refractivity contribution in [3.8, 4) is 0 Å². The van der Waals surface area contributed by atoms with Crippen molar-refractivity contribution in [3.63, 3.8) is 0 Å². The number of amides is 3. The van der Waals surface area contributed by atoms with E-state index >= 15 is 0 Å². The summed E-state index contributed by atoms with van der Waals surface area (Å²) in [5, 5.41) is 3.08. The number of hydrogen-bond acceptors (Lipinski definition) is 3. The molecule has 2 heterocycles. The van der Waals surface area contributed by atoms with Crippen molar-refractivity contribution < 1.29 is 14.4 Å². The second-order valence-electron chi connectivity index (χ2n) is 7.96. The van der Waals surface area contributed by atoms with E-state index < -0.39 is 0 Å². The minimum Gasteiger partial charge on any atom is -0.354 e. The van der Waals surface area contributed by atoms with Crippen molar-refractivity contribution >= 4 is 17.7 Å². The Morgan fingerprint density at radius 2 is 1.72 bits per heavy atom. The maximum absolute atomic E-state index is 12.8. The first kappa shape index (κ1) is 18.2. The molecule has 3 fully saturated rings. The highest BCUT2D eigenvalue weighted by Crippen LogP contribution is 2.30. The standard InChI is InChI=1S/C19H31N3O3/c1-13-6-3-4-7-16(13)18(24)20-12-15-9-11-22(15)19(25)17-8-5-10-21(17)14(2)23/h13,15-17H,3-12H2,1-2H3,(H,20,24)/t13?,15?,16?,17-/m1/s1. The van der Waals surface area contributed by atoms with Gasteiger partial charge in [0.15, 0.2) is 0 Å². The first-order valence-corrected chi connectivity index (χ1v) is 9.84. The molecule has 0 spiro atoms. The monoisotopic (exact) mass is 349 g/mol. The number of carbonyl (C=O) groups is 3. The summed E-state index contributed by atoms with van der Waals surface area (Å²) in [7, 11) is 0. The molecule has 3 aliphatic rings. The molecule has 1 saturated carbocycles. The van der Waals surface area contributed by atoms with Crippen LogP contribution in [0.2, 0.25) is 0 Å². The minimum absolute atomic E-state index is 0.0208. The van der Waals surface area contributed by atoms with Crippen LogP contribution in [0.5, 0.6) is 0 Å². The molecule has 3 unspecified atom stereocenters. The summed E-state index contributed by atoms with van der Waals surface area (Å²) in [6.45, 7) is 5.66. The molecule has 140 valence electrons. The first-order valence-electron chi connectivity index (χ1n) is 9.84. The molecule has 2 aliphatic heterocycles. The Balaban J connectivity index is 1.50. The molecule has 3 amide bonds. The molecule has 1 N–H and O–H groups in total. The zero-order valence-electron chi connectivity index (χ0n) is 15.5. The summed E-state index contributed by atoms with van der Waals surface area (Å²) in [6.07, 6.45) is 7.06. The third-order valence-corrected chi connectivity index (χ3v) is 6.33. The zero-order valence-corrected chi connectivity index (χ0v) is 15.5. The van der Waals surface area contributed by atoms with Crippen LogP contribution in [0.1, 0.15) is 58.8 Å². The molecule has 0 radical (unpaired) electrons. The number of likely N-dealkylation sites (tertiary alicyclic amines) is 2. The molecule has 25 heavy (non-hydrogen) atoms. The Labute approximate surface area is 150 Å². The number of nitrogens with zero attached hydrogens (tertiary/aromatic N) is 2. The third kappa shape index (κ3) is 3.82. The predicted molar refractivity (Wildman–Crippen MR) is 94.7 cm³/mol. The molecule has 3 rings (SSSR count). The van der Waals surface area contributed by atoms with Crippen LogP contribution < -0.4 is 5.32 Å². The van der Waals surface area contributed by atoms with Gasteiger partial charge in [0, 0.05) is 32.5 Å². The fraction of sp³-hybridized carbons (Fsp3) is 0.842. The minimum atomic E-state index is -0.297. The highest BCUT2D eigenvalue weighted by atomic mass is 16.2. The number of nitrogens with one attached hydrogen (secondary N) is 1. The van der Waals surface area contributed by atoms with Gasteiger partial charge in [0.1, 0.15) is 6.04 Å². The van der Waals surface area contributed by atoms with Crippen molar-refractivity contribution in [2.45, 2.75) is 70.9 Å². The van der Waals surface area contributed by atoms with E-state index in [-0.39, 0.29) is 35.7 Å². The Bertz CT molecular complexity index is 536. The number of rotatable bonds is 4. The van der Waals surface area contributed by atoms with Crippen molar-refractivity contribution in [2.75, 3.05) is 19.6 Å². The maximum atomic E-state index is 12.8. The lowest BCUT2D eigenvalue weighted by Gasteiger charge is -2.43. The smallest absolute Gasteiger partial charge is 0.245 e. The molecule has 0 aromatic carbocycles. The van der Waals surface area contributed by atoms with Gasteiger partial charge in [-0.15, -0.1) is 0 Å². The Hall–Kier alpha value is -1.59. The van der Waals surface area contributed by atoms with Crippen LogP contribution in [-0.4, -0.2) is 59.2 Å². The molecular formula is C19H31N3O3. The number of hydrogen-bond donors (Lipinski definition) is 1. The van der Waals surface area contributed by atoms with Crippen molar-refractivity contribution in [1.82, 2.24) is 15.1 Å². The van der Waals surface area contributed by atoms with E-state index in [1.165, 1.54) is 13.3 Å². The number of carbonyl (C=O) groups excluding carboxylic acids is 3. The van der Waals surface area contributed by atoms with Gasteiger partial charge in [0.2, 0.25) is 17.7 Å². The topological polar surface area (TPSA) is 69.7 Å². The van der Waals surface area contributed by atoms with E-state index in [1.807, 2.05) is 4.90 Å². The van der Waals surface area contributed by atoms with Crippen molar-refractivity contribution in [3.05, 3.63) is 0 Å². The van der Waals surface area contributed by atoms with Crippen molar-refractivity contribution in [1.29, 1.82) is 0 Å². The average molecular weight is 349 g/mol. The molecule has 0 aromatic rings. The summed E-state index contributed by atoms with van der Waals surface area (Å²) in [6, 6.07) is -0.209. The summed E-state index contributed by atoms with van der Waals surface area (Å²) in [5.74, 6) is 0.769. The van der Waals surface area contributed by atoms with Crippen LogP contribution in [0, 0.1) is 11.8 Å². The fourth-order valence-corrected chi connectivity index (χ4v) is 4.59. The second-order valence-corrected chi connectivity index (χ2v) is 7.96. The SMILES string of the molecule is CC(=O)N1CCC[C@@H]1C(=O)N1CCC1CNC(=O)C1CCCCC1C. The van der Waals surface area contributed by atoms with E-state index in [0.29, 0.717) is 19.0 Å². The quantitative estimate of drug-likeness (QED) is 0.837. The molecule has 0 aromatic heterocycles. The van der Waals surface area contributed by atoms with Gasteiger partial charge in [-0.1, -0.05) is 19.8 Å². The Morgan fingerprint density at radius 1 is 0.960 bits per heavy atom. The summed E-state index contributed by atoms with van der Waals surface area (Å²) in [5.41, 5.74) is 0. The fourth-order valence-electron chi connectivity index (χ4n) is 4.59. The van der Waals surface area contributed by atoms with Crippen molar-refractivity contribution in [2.24, 2.45) is 11.8 Å². The Morgan fingerprint density at radius 3 is 2.36 bits per heavy atom. The lowest BCUT2D eigenvalue weighted by atomic mass is 9.80. The largest absolute Gasteiger partial charge is 0.354 e. The lowest BCUT2D eigenvalue weighted by Crippen LogP contribution is -2.60. The third-order valence-electron chi connectivity index (χ3n) is 6.33. The molecule has 4 atom stereocenters. The molecular weight excluding hydrogens is 318 g/mol. The predicted octanol–water partition coefficient (Wildman–Crippen LogP) is 1.54. The molecule has 2 saturated heterocycles. The molecule has 1 aliphatic carbocycles. The van der Waals surface area contributed by atoms with Gasteiger partial charge in [-0.25, -0.2) is 0 Å². The van der Waals surface area contributed by atoms with Crippen LogP contribution in [-0.2, 0) is 14.4 Å². The zero-order chi connectivity index (χ0) is 18.0. The van der Waals surface area contributed by atoms with E-state index in [9.17, 15) is 14.4 Å². The van der Waals surface area contributed by atoms with Gasteiger partial charge in [-0.3, -0.25) is 14.4 Å². The van der Waals surface area contributed by atoms with Gasteiger partial charge in [-0.05, 0) is 38.0 Å².